The monoisotopic (exact) mass is 973 g/mol. The van der Waals surface area contributed by atoms with E-state index in [-0.39, 0.29) is 47.3 Å². The molecule has 6 atom stereocenters. The third-order valence-corrected chi connectivity index (χ3v) is 18.1. The molecule has 6 aliphatic heterocycles. The molecule has 6 rings (SSSR count). The number of nitrogens with zero attached hydrogens (tertiary/aromatic N) is 7. The minimum absolute atomic E-state index is 0.0293. The highest BCUT2D eigenvalue weighted by atomic mass is 28.4. The van der Waals surface area contributed by atoms with Crippen LogP contribution in [0.1, 0.15) is 130 Å². The van der Waals surface area contributed by atoms with Crippen LogP contribution in [0, 0.1) is 5.41 Å². The van der Waals surface area contributed by atoms with Crippen LogP contribution in [0.3, 0.4) is 0 Å². The molecule has 382 valence electrons. The molecular weight excluding hydrogens is 893 g/mol. The van der Waals surface area contributed by atoms with Crippen LogP contribution in [0.15, 0.2) is 0 Å². The van der Waals surface area contributed by atoms with E-state index in [1.807, 2.05) is 20.8 Å². The van der Waals surface area contributed by atoms with E-state index < -0.39 is 50.5 Å². The fourth-order valence-electron chi connectivity index (χ4n) is 11.4. The Balaban J connectivity index is 0.988. The molecule has 0 aliphatic carbocycles. The molecular formula is C48H80N8O11Si. The fourth-order valence-corrected chi connectivity index (χ4v) is 13.2. The van der Waals surface area contributed by atoms with Crippen LogP contribution in [0.5, 0.6) is 0 Å². The Kier molecular flexibility index (Phi) is 18.5. The molecule has 19 nitrogen and oxygen atoms in total. The van der Waals surface area contributed by atoms with Crippen molar-refractivity contribution in [3.8, 4) is 0 Å². The molecule has 6 aliphatic rings. The lowest BCUT2D eigenvalue weighted by molar-refractivity contribution is -0.155. The summed E-state index contributed by atoms with van der Waals surface area (Å²) >= 11 is 0. The van der Waals surface area contributed by atoms with Crippen LogP contribution in [0.25, 0.3) is 0 Å². The summed E-state index contributed by atoms with van der Waals surface area (Å²) in [5, 5.41) is 2.94. The summed E-state index contributed by atoms with van der Waals surface area (Å²) < 4.78 is 16.3. The molecule has 0 saturated carbocycles. The van der Waals surface area contributed by atoms with Gasteiger partial charge in [-0.2, -0.15) is 0 Å². The van der Waals surface area contributed by atoms with E-state index >= 15 is 0 Å². The summed E-state index contributed by atoms with van der Waals surface area (Å²) in [6.07, 6.45) is 10.2. The number of likely N-dealkylation sites (N-methyl/N-ethyl adjacent to an activating group) is 1. The second-order valence-electron chi connectivity index (χ2n) is 20.7. The van der Waals surface area contributed by atoms with E-state index in [0.29, 0.717) is 155 Å². The van der Waals surface area contributed by atoms with Gasteiger partial charge in [0.05, 0.1) is 0 Å². The number of hydrogen-bond acceptors (Lipinski definition) is 11. The Labute approximate surface area is 404 Å². The first-order valence-electron chi connectivity index (χ1n) is 25.5. The molecule has 0 radical (unpaired) electrons. The highest BCUT2D eigenvalue weighted by molar-refractivity contribution is 6.60. The van der Waals surface area contributed by atoms with Crippen molar-refractivity contribution in [2.75, 3.05) is 80.7 Å². The number of carbonyl (C=O) groups is 8. The highest BCUT2D eigenvalue weighted by Gasteiger charge is 2.50. The molecule has 68 heavy (non-hydrogen) atoms. The Morgan fingerprint density at radius 1 is 0.515 bits per heavy atom. The molecule has 0 spiro atoms. The molecule has 0 bridgehead atoms. The Morgan fingerprint density at radius 3 is 1.25 bits per heavy atom. The topological polar surface area (TPSA) is 199 Å². The van der Waals surface area contributed by atoms with Crippen LogP contribution >= 0.6 is 0 Å². The van der Waals surface area contributed by atoms with Gasteiger partial charge in [-0.3, -0.25) is 38.4 Å². The SMILES string of the molecule is CO[Si](CCCNC(=O)CCCCCN(C)C(=O)[C@@H]1CCCN1C(=O)[C@@H]1CCCN1C(=O)[C@@H]1CCCN1C(=O)[C@@H]1CCCN1C(=O)[C@@H]1CCCN1C(=O)[C@@H]1CCCN1C(=O)C(C)(C)C)(OC)OC. The Morgan fingerprint density at radius 2 is 0.868 bits per heavy atom. The fraction of sp³-hybridized carbons (Fsp3) is 0.833. The van der Waals surface area contributed by atoms with Crippen molar-refractivity contribution >= 4 is 56.1 Å². The molecule has 8 amide bonds. The second kappa shape index (κ2) is 23.6. The van der Waals surface area contributed by atoms with E-state index in [1.165, 1.54) is 0 Å². The van der Waals surface area contributed by atoms with Crippen molar-refractivity contribution in [1.29, 1.82) is 0 Å². The highest BCUT2D eigenvalue weighted by Crippen LogP contribution is 2.34. The standard InChI is InChI=1S/C48H80N8O11Si/c1-48(2,3)47(64)56-32-16-23-39(56)46(63)55-31-15-22-38(55)45(62)54-30-14-21-37(54)44(61)53-29-13-20-36(53)43(60)52-28-12-19-35(52)42(59)51-27-11-18-34(51)41(58)50(4)26-10-8-9-24-40(57)49-25-17-33-68(65-5,66-6)67-7/h34-39H,8-33H2,1-7H3,(H,49,57)/t34-,35-,36-,37-,38-,39-/m0/s1. The van der Waals surface area contributed by atoms with Gasteiger partial charge >= 0.3 is 8.80 Å². The summed E-state index contributed by atoms with van der Waals surface area (Å²) in [4.78, 5) is 123. The summed E-state index contributed by atoms with van der Waals surface area (Å²) in [7, 11) is 3.77. The number of nitrogens with one attached hydrogen (secondary N) is 1. The van der Waals surface area contributed by atoms with Gasteiger partial charge in [0.25, 0.3) is 0 Å². The van der Waals surface area contributed by atoms with Gasteiger partial charge in [-0.05, 0) is 96.3 Å². The molecule has 0 aromatic carbocycles. The maximum absolute atomic E-state index is 14.5. The third kappa shape index (κ3) is 11.9. The van der Waals surface area contributed by atoms with Gasteiger partial charge in [0, 0.05) is 98.6 Å². The first-order chi connectivity index (χ1) is 32.5. The number of carbonyl (C=O) groups excluding carboxylic acids is 8. The summed E-state index contributed by atoms with van der Waals surface area (Å²) in [5.41, 5.74) is -0.634. The molecule has 0 aromatic heterocycles. The second-order valence-corrected chi connectivity index (χ2v) is 23.8. The zero-order valence-electron chi connectivity index (χ0n) is 42.0. The van der Waals surface area contributed by atoms with E-state index in [4.69, 9.17) is 13.3 Å². The molecule has 0 unspecified atom stereocenters. The summed E-state index contributed by atoms with van der Waals surface area (Å²) in [6.45, 7) is 9.04. The minimum atomic E-state index is -2.67. The number of likely N-dealkylation sites (tertiary alicyclic amines) is 6. The zero-order valence-corrected chi connectivity index (χ0v) is 43.0. The molecule has 6 fully saturated rings. The van der Waals surface area contributed by atoms with Crippen LogP contribution in [0.2, 0.25) is 6.04 Å². The molecule has 0 aromatic rings. The van der Waals surface area contributed by atoms with Gasteiger partial charge in [-0.25, -0.2) is 0 Å². The molecule has 20 heteroatoms. The lowest BCUT2D eigenvalue weighted by Crippen LogP contribution is -2.58. The quantitative estimate of drug-likeness (QED) is 0.147. The number of amides is 8. The van der Waals surface area contributed by atoms with Gasteiger partial charge in [-0.15, -0.1) is 0 Å². The zero-order chi connectivity index (χ0) is 49.3. The van der Waals surface area contributed by atoms with Crippen LogP contribution in [0.4, 0.5) is 0 Å². The third-order valence-electron chi connectivity index (χ3n) is 15.2. The number of hydrogen-bond donors (Lipinski definition) is 1. The van der Waals surface area contributed by atoms with Gasteiger partial charge in [0.15, 0.2) is 0 Å². The van der Waals surface area contributed by atoms with Gasteiger partial charge in [0.2, 0.25) is 47.3 Å². The largest absolute Gasteiger partial charge is 0.500 e. The Bertz CT molecular complexity index is 1840. The molecule has 6 saturated heterocycles. The summed E-state index contributed by atoms with van der Waals surface area (Å²) in [5.74, 6) is -1.44. The van der Waals surface area contributed by atoms with Crippen LogP contribution < -0.4 is 5.32 Å². The van der Waals surface area contributed by atoms with Crippen molar-refractivity contribution in [3.05, 3.63) is 0 Å². The van der Waals surface area contributed by atoms with Crippen molar-refractivity contribution in [3.63, 3.8) is 0 Å². The first-order valence-corrected chi connectivity index (χ1v) is 27.4. The predicted molar refractivity (Wildman–Crippen MR) is 253 cm³/mol. The normalized spacial score (nSPS) is 25.5. The number of rotatable bonds is 19. The van der Waals surface area contributed by atoms with E-state index in [9.17, 15) is 38.4 Å². The van der Waals surface area contributed by atoms with Crippen LogP contribution in [-0.2, 0) is 51.6 Å². The minimum Gasteiger partial charge on any atom is -0.377 e. The van der Waals surface area contributed by atoms with Crippen molar-refractivity contribution in [1.82, 2.24) is 39.6 Å². The average molecular weight is 973 g/mol. The lowest BCUT2D eigenvalue weighted by Gasteiger charge is -2.37. The maximum atomic E-state index is 14.5. The van der Waals surface area contributed by atoms with Crippen molar-refractivity contribution in [2.24, 2.45) is 5.41 Å². The maximum Gasteiger partial charge on any atom is 0.500 e. The lowest BCUT2D eigenvalue weighted by atomic mass is 9.94. The summed E-state index contributed by atoms with van der Waals surface area (Å²) in [6, 6.07) is -3.55. The van der Waals surface area contributed by atoms with E-state index in [1.54, 1.807) is 62.7 Å². The van der Waals surface area contributed by atoms with Crippen molar-refractivity contribution in [2.45, 2.75) is 172 Å². The Hall–Kier alpha value is -4.14. The smallest absolute Gasteiger partial charge is 0.377 e. The predicted octanol–water partition coefficient (Wildman–Crippen LogP) is 2.38. The van der Waals surface area contributed by atoms with E-state index in [0.717, 1.165) is 12.8 Å². The van der Waals surface area contributed by atoms with Gasteiger partial charge in [-0.1, -0.05) is 27.2 Å². The van der Waals surface area contributed by atoms with Crippen molar-refractivity contribution < 1.29 is 51.6 Å². The number of unbranched alkanes of at least 4 members (excludes halogenated alkanes) is 2. The van der Waals surface area contributed by atoms with Gasteiger partial charge < -0.3 is 52.9 Å². The average Bonchev–Trinajstić information content (AvgIpc) is 4.20. The van der Waals surface area contributed by atoms with E-state index in [2.05, 4.69) is 5.32 Å². The van der Waals surface area contributed by atoms with Crippen LogP contribution in [-0.4, -0.2) is 207 Å². The first kappa shape index (κ1) is 53.2. The molecule has 1 N–H and O–H groups in total. The van der Waals surface area contributed by atoms with Gasteiger partial charge in [0.1, 0.15) is 36.3 Å². The molecule has 6 heterocycles.